The Hall–Kier alpha value is -0.850. The number of hydrogen-bond donors (Lipinski definition) is 3. The molecular weight excluding hydrogens is 240 g/mol. The summed E-state index contributed by atoms with van der Waals surface area (Å²) >= 11 is 0. The van der Waals surface area contributed by atoms with Crippen molar-refractivity contribution in [3.63, 3.8) is 0 Å². The van der Waals surface area contributed by atoms with Crippen LogP contribution in [0.1, 0.15) is 31.4 Å². The van der Waals surface area contributed by atoms with E-state index in [1.165, 1.54) is 31.5 Å². The zero-order chi connectivity index (χ0) is 12.3. The number of aliphatic hydroxyl groups excluding tert-OH is 1. The molecule has 2 rings (SSSR count). The van der Waals surface area contributed by atoms with Gasteiger partial charge in [0.05, 0.1) is 11.5 Å². The van der Waals surface area contributed by atoms with Gasteiger partial charge in [0, 0.05) is 18.4 Å². The second kappa shape index (κ2) is 5.20. The van der Waals surface area contributed by atoms with Gasteiger partial charge in [-0.15, -0.1) is 0 Å². The van der Waals surface area contributed by atoms with Gasteiger partial charge in [-0.05, 0) is 18.4 Å². The lowest BCUT2D eigenvalue weighted by Gasteiger charge is -2.24. The first-order chi connectivity index (χ1) is 8.12. The first-order valence-electron chi connectivity index (χ1n) is 5.89. The Balaban J connectivity index is 1.88. The maximum atomic E-state index is 11.8. The van der Waals surface area contributed by atoms with E-state index in [0.29, 0.717) is 18.2 Å². The molecule has 0 saturated heterocycles. The maximum Gasteiger partial charge on any atom is 0.242 e. The Bertz CT molecular complexity index is 463. The molecule has 5 nitrogen and oxygen atoms in total. The molecule has 0 atom stereocenters. The minimum absolute atomic E-state index is 0.183. The number of hydrogen-bond acceptors (Lipinski definition) is 3. The highest BCUT2D eigenvalue weighted by molar-refractivity contribution is 7.89. The summed E-state index contributed by atoms with van der Waals surface area (Å²) in [6, 6.07) is 1.45. The van der Waals surface area contributed by atoms with Crippen molar-refractivity contribution in [2.24, 2.45) is 5.92 Å². The molecule has 0 aromatic carbocycles. The quantitative estimate of drug-likeness (QED) is 0.711. The average Bonchev–Trinajstić information content (AvgIpc) is 2.71. The van der Waals surface area contributed by atoms with Crippen LogP contribution in [0.4, 0.5) is 0 Å². The largest absolute Gasteiger partial charge is 0.390 e. The Morgan fingerprint density at radius 3 is 2.76 bits per heavy atom. The van der Waals surface area contributed by atoms with Crippen molar-refractivity contribution in [2.45, 2.75) is 37.2 Å². The summed E-state index contributed by atoms with van der Waals surface area (Å²) in [4.78, 5) is 2.90. The molecule has 0 amide bonds. The van der Waals surface area contributed by atoms with E-state index in [4.69, 9.17) is 5.11 Å². The van der Waals surface area contributed by atoms with E-state index in [1.54, 1.807) is 0 Å². The number of H-pyrrole nitrogens is 1. The third-order valence-corrected chi connectivity index (χ3v) is 4.71. The maximum absolute atomic E-state index is 11.8. The highest BCUT2D eigenvalue weighted by atomic mass is 32.2. The SMILES string of the molecule is O=S(=O)(NCCC1CCC1)c1c[nH]c(CO)c1. The van der Waals surface area contributed by atoms with Crippen molar-refractivity contribution in [1.82, 2.24) is 9.71 Å². The summed E-state index contributed by atoms with van der Waals surface area (Å²) in [7, 11) is -3.42. The van der Waals surface area contributed by atoms with Crippen molar-refractivity contribution in [3.05, 3.63) is 18.0 Å². The molecule has 0 unspecified atom stereocenters. The second-order valence-corrected chi connectivity index (χ2v) is 6.27. The molecule has 1 fully saturated rings. The van der Waals surface area contributed by atoms with E-state index in [0.717, 1.165) is 6.42 Å². The van der Waals surface area contributed by atoms with Crippen LogP contribution in [0.15, 0.2) is 17.2 Å². The normalized spacial score (nSPS) is 17.0. The first kappa shape index (κ1) is 12.6. The minimum atomic E-state index is -3.42. The predicted molar refractivity (Wildman–Crippen MR) is 63.9 cm³/mol. The van der Waals surface area contributed by atoms with Gasteiger partial charge in [0.25, 0.3) is 0 Å². The fourth-order valence-corrected chi connectivity index (χ4v) is 2.99. The molecule has 0 aliphatic heterocycles. The van der Waals surface area contributed by atoms with Crippen LogP contribution >= 0.6 is 0 Å². The fraction of sp³-hybridized carbons (Fsp3) is 0.636. The summed E-state index contributed by atoms with van der Waals surface area (Å²) in [6.45, 7) is 0.310. The third-order valence-electron chi connectivity index (χ3n) is 3.27. The molecule has 6 heteroatoms. The Morgan fingerprint density at radius 2 is 2.24 bits per heavy atom. The topological polar surface area (TPSA) is 82.2 Å². The molecule has 1 aromatic rings. The second-order valence-electron chi connectivity index (χ2n) is 4.50. The Labute approximate surface area is 101 Å². The van der Waals surface area contributed by atoms with Gasteiger partial charge in [-0.2, -0.15) is 0 Å². The number of sulfonamides is 1. The summed E-state index contributed by atoms with van der Waals surface area (Å²) in [5, 5.41) is 8.86. The fourth-order valence-electron chi connectivity index (χ4n) is 1.93. The molecular formula is C11H18N2O3S. The van der Waals surface area contributed by atoms with E-state index in [-0.39, 0.29) is 11.5 Å². The summed E-state index contributed by atoms with van der Waals surface area (Å²) < 4.78 is 26.3. The third kappa shape index (κ3) is 3.08. The van der Waals surface area contributed by atoms with E-state index in [9.17, 15) is 8.42 Å². The van der Waals surface area contributed by atoms with Gasteiger partial charge in [0.1, 0.15) is 0 Å². The molecule has 0 bridgehead atoms. The highest BCUT2D eigenvalue weighted by Crippen LogP contribution is 2.28. The zero-order valence-corrected chi connectivity index (χ0v) is 10.5. The van der Waals surface area contributed by atoms with Crippen molar-refractivity contribution < 1.29 is 13.5 Å². The Kier molecular flexibility index (Phi) is 3.86. The summed E-state index contributed by atoms with van der Waals surface area (Å²) in [5.74, 6) is 0.692. The van der Waals surface area contributed by atoms with Crippen LogP contribution in [0.3, 0.4) is 0 Å². The predicted octanol–water partition coefficient (Wildman–Crippen LogP) is 0.975. The number of nitrogens with one attached hydrogen (secondary N) is 2. The van der Waals surface area contributed by atoms with Crippen molar-refractivity contribution in [1.29, 1.82) is 0 Å². The van der Waals surface area contributed by atoms with Crippen molar-refractivity contribution >= 4 is 10.0 Å². The zero-order valence-electron chi connectivity index (χ0n) is 9.65. The Morgan fingerprint density at radius 1 is 1.47 bits per heavy atom. The van der Waals surface area contributed by atoms with Crippen LogP contribution < -0.4 is 4.72 Å². The lowest BCUT2D eigenvalue weighted by molar-refractivity contribution is 0.277. The molecule has 0 radical (unpaired) electrons. The standard InChI is InChI=1S/C11H18N2O3S/c14-8-10-6-11(7-12-10)17(15,16)13-5-4-9-2-1-3-9/h6-7,9,12-14H,1-5,8H2. The van der Waals surface area contributed by atoms with Crippen LogP contribution in [-0.4, -0.2) is 25.1 Å². The van der Waals surface area contributed by atoms with Gasteiger partial charge in [0.2, 0.25) is 10.0 Å². The van der Waals surface area contributed by atoms with Crippen LogP contribution in [0, 0.1) is 5.92 Å². The molecule has 96 valence electrons. The lowest BCUT2D eigenvalue weighted by Crippen LogP contribution is -2.27. The summed E-state index contributed by atoms with van der Waals surface area (Å²) in [5.41, 5.74) is 0.504. The minimum Gasteiger partial charge on any atom is -0.390 e. The van der Waals surface area contributed by atoms with E-state index >= 15 is 0 Å². The molecule has 1 aliphatic carbocycles. The number of aromatic amines is 1. The molecule has 1 aromatic heterocycles. The van der Waals surface area contributed by atoms with E-state index < -0.39 is 10.0 Å². The van der Waals surface area contributed by atoms with Crippen LogP contribution in [-0.2, 0) is 16.6 Å². The molecule has 1 saturated carbocycles. The van der Waals surface area contributed by atoms with E-state index in [1.807, 2.05) is 0 Å². The molecule has 0 spiro atoms. The van der Waals surface area contributed by atoms with Crippen LogP contribution in [0.5, 0.6) is 0 Å². The number of rotatable bonds is 6. The number of aliphatic hydroxyl groups is 1. The van der Waals surface area contributed by atoms with Gasteiger partial charge in [-0.25, -0.2) is 13.1 Å². The highest BCUT2D eigenvalue weighted by Gasteiger charge is 2.19. The van der Waals surface area contributed by atoms with Gasteiger partial charge in [-0.3, -0.25) is 0 Å². The van der Waals surface area contributed by atoms with Crippen molar-refractivity contribution in [2.75, 3.05) is 6.54 Å². The monoisotopic (exact) mass is 258 g/mol. The molecule has 3 N–H and O–H groups in total. The van der Waals surface area contributed by atoms with Gasteiger partial charge < -0.3 is 10.1 Å². The summed E-state index contributed by atoms with van der Waals surface area (Å²) in [6.07, 6.45) is 6.03. The van der Waals surface area contributed by atoms with Gasteiger partial charge in [0.15, 0.2) is 0 Å². The molecule has 17 heavy (non-hydrogen) atoms. The average molecular weight is 258 g/mol. The lowest BCUT2D eigenvalue weighted by atomic mass is 9.83. The smallest absolute Gasteiger partial charge is 0.242 e. The van der Waals surface area contributed by atoms with Crippen LogP contribution in [0.2, 0.25) is 0 Å². The van der Waals surface area contributed by atoms with Crippen molar-refractivity contribution in [3.8, 4) is 0 Å². The number of aromatic nitrogens is 1. The van der Waals surface area contributed by atoms with Crippen LogP contribution in [0.25, 0.3) is 0 Å². The molecule has 1 aliphatic rings. The first-order valence-corrected chi connectivity index (χ1v) is 7.38. The van der Waals surface area contributed by atoms with E-state index in [2.05, 4.69) is 9.71 Å². The van der Waals surface area contributed by atoms with Gasteiger partial charge in [-0.1, -0.05) is 19.3 Å². The molecule has 1 heterocycles. The van der Waals surface area contributed by atoms with Gasteiger partial charge >= 0.3 is 0 Å².